The zero-order valence-electron chi connectivity index (χ0n) is 12.5. The zero-order valence-corrected chi connectivity index (χ0v) is 13.3. The van der Waals surface area contributed by atoms with Crippen LogP contribution >= 0.6 is 11.3 Å². The summed E-state index contributed by atoms with van der Waals surface area (Å²) >= 11 is 1.69. The normalized spacial score (nSPS) is 14.2. The van der Waals surface area contributed by atoms with E-state index in [1.165, 1.54) is 12.8 Å². The Morgan fingerprint density at radius 3 is 2.82 bits per heavy atom. The third-order valence-electron chi connectivity index (χ3n) is 3.88. The van der Waals surface area contributed by atoms with E-state index in [-0.39, 0.29) is 0 Å². The van der Waals surface area contributed by atoms with Crippen molar-refractivity contribution in [3.8, 4) is 16.3 Å². The number of aryl methyl sites for hydroxylation is 1. The maximum Gasteiger partial charge on any atom is 0.183 e. The van der Waals surface area contributed by atoms with Gasteiger partial charge in [0.1, 0.15) is 5.69 Å². The number of para-hydroxylation sites is 1. The minimum atomic E-state index is 0.852. The highest BCUT2D eigenvalue weighted by atomic mass is 32.1. The number of benzene rings is 1. The zero-order chi connectivity index (χ0) is 14.9. The molecule has 3 aromatic rings. The maximum atomic E-state index is 4.69. The van der Waals surface area contributed by atoms with E-state index in [1.54, 1.807) is 11.3 Å². The van der Waals surface area contributed by atoms with Crippen LogP contribution in [0.25, 0.3) is 16.3 Å². The number of hydrogen-bond acceptors (Lipinski definition) is 4. The molecule has 1 aromatic carbocycles. The second-order valence-corrected chi connectivity index (χ2v) is 6.74. The van der Waals surface area contributed by atoms with Gasteiger partial charge in [-0.1, -0.05) is 29.5 Å². The van der Waals surface area contributed by atoms with Crippen molar-refractivity contribution in [1.29, 1.82) is 0 Å². The van der Waals surface area contributed by atoms with Crippen molar-refractivity contribution >= 4 is 16.5 Å². The number of anilines is 1. The fourth-order valence-electron chi connectivity index (χ4n) is 2.43. The van der Waals surface area contributed by atoms with Crippen LogP contribution in [0.5, 0.6) is 0 Å². The summed E-state index contributed by atoms with van der Waals surface area (Å²) < 4.78 is 1.91. The first-order chi connectivity index (χ1) is 10.8. The smallest absolute Gasteiger partial charge is 0.183 e. The fraction of sp³-hybridized carbons (Fsp3) is 0.294. The van der Waals surface area contributed by atoms with E-state index in [9.17, 15) is 0 Å². The van der Waals surface area contributed by atoms with E-state index in [0.29, 0.717) is 0 Å². The first-order valence-corrected chi connectivity index (χ1v) is 8.44. The molecule has 0 amide bonds. The quantitative estimate of drug-likeness (QED) is 0.770. The van der Waals surface area contributed by atoms with Crippen LogP contribution in [0, 0.1) is 12.8 Å². The Bertz CT molecular complexity index is 771. The van der Waals surface area contributed by atoms with E-state index in [0.717, 1.165) is 39.5 Å². The summed E-state index contributed by atoms with van der Waals surface area (Å²) in [5.74, 6) is 0.852. The van der Waals surface area contributed by atoms with Crippen molar-refractivity contribution < 1.29 is 0 Å². The lowest BCUT2D eigenvalue weighted by atomic mass is 10.3. The molecule has 112 valence electrons. The Morgan fingerprint density at radius 1 is 1.23 bits per heavy atom. The van der Waals surface area contributed by atoms with E-state index >= 15 is 0 Å². The van der Waals surface area contributed by atoms with Crippen molar-refractivity contribution in [2.75, 3.05) is 11.9 Å². The Hall–Kier alpha value is -2.14. The minimum Gasteiger partial charge on any atom is -0.361 e. The molecule has 0 bridgehead atoms. The van der Waals surface area contributed by atoms with Crippen molar-refractivity contribution in [2.45, 2.75) is 19.8 Å². The van der Waals surface area contributed by atoms with E-state index in [1.807, 2.05) is 29.1 Å². The van der Waals surface area contributed by atoms with Crippen LogP contribution in [0.3, 0.4) is 0 Å². The number of nitrogens with one attached hydrogen (secondary N) is 1. The summed E-state index contributed by atoms with van der Waals surface area (Å²) in [6.45, 7) is 3.10. The predicted octanol–water partition coefficient (Wildman–Crippen LogP) is 4.13. The summed E-state index contributed by atoms with van der Waals surface area (Å²) in [4.78, 5) is 5.77. The number of aromatic nitrogens is 3. The third-order valence-corrected chi connectivity index (χ3v) is 5.02. The van der Waals surface area contributed by atoms with Gasteiger partial charge < -0.3 is 5.32 Å². The monoisotopic (exact) mass is 310 g/mol. The van der Waals surface area contributed by atoms with Gasteiger partial charge in [0.15, 0.2) is 5.13 Å². The number of hydrogen-bond donors (Lipinski definition) is 1. The Morgan fingerprint density at radius 2 is 2.05 bits per heavy atom. The number of rotatable bonds is 5. The van der Waals surface area contributed by atoms with Gasteiger partial charge in [0, 0.05) is 12.7 Å². The lowest BCUT2D eigenvalue weighted by Crippen LogP contribution is -2.02. The van der Waals surface area contributed by atoms with Gasteiger partial charge in [0.25, 0.3) is 0 Å². The maximum absolute atomic E-state index is 4.69. The van der Waals surface area contributed by atoms with E-state index in [2.05, 4.69) is 35.4 Å². The van der Waals surface area contributed by atoms with Crippen LogP contribution in [-0.2, 0) is 0 Å². The van der Waals surface area contributed by atoms with Gasteiger partial charge in [0.2, 0.25) is 0 Å². The number of thiazole rings is 1. The molecule has 2 aromatic heterocycles. The minimum absolute atomic E-state index is 0.852. The highest BCUT2D eigenvalue weighted by Gasteiger charge is 2.21. The van der Waals surface area contributed by atoms with Gasteiger partial charge in [-0.25, -0.2) is 9.67 Å². The van der Waals surface area contributed by atoms with Gasteiger partial charge >= 0.3 is 0 Å². The molecule has 1 N–H and O–H groups in total. The van der Waals surface area contributed by atoms with Gasteiger partial charge in [0.05, 0.1) is 16.3 Å². The van der Waals surface area contributed by atoms with Gasteiger partial charge in [-0.3, -0.25) is 0 Å². The van der Waals surface area contributed by atoms with Crippen LogP contribution in [-0.4, -0.2) is 21.3 Å². The van der Waals surface area contributed by atoms with Gasteiger partial charge in [-0.2, -0.15) is 5.10 Å². The predicted molar refractivity (Wildman–Crippen MR) is 90.6 cm³/mol. The van der Waals surface area contributed by atoms with Crippen LogP contribution in [0.1, 0.15) is 18.5 Å². The Labute approximate surface area is 133 Å². The molecule has 0 spiro atoms. The summed E-state index contributed by atoms with van der Waals surface area (Å²) in [7, 11) is 0. The molecule has 0 radical (unpaired) electrons. The molecule has 0 unspecified atom stereocenters. The third kappa shape index (κ3) is 2.76. The molecule has 0 aliphatic heterocycles. The molecule has 1 aliphatic rings. The first-order valence-electron chi connectivity index (χ1n) is 7.62. The largest absolute Gasteiger partial charge is 0.361 e. The molecule has 2 heterocycles. The van der Waals surface area contributed by atoms with E-state index in [4.69, 9.17) is 5.10 Å². The topological polar surface area (TPSA) is 42.7 Å². The molecule has 1 fully saturated rings. The van der Waals surface area contributed by atoms with Gasteiger partial charge in [-0.05, 0) is 43.9 Å². The highest BCUT2D eigenvalue weighted by Crippen LogP contribution is 2.34. The molecule has 1 saturated carbocycles. The average Bonchev–Trinajstić information content (AvgIpc) is 3.11. The Kier molecular flexibility index (Phi) is 3.42. The molecule has 5 heteroatoms. The lowest BCUT2D eigenvalue weighted by Gasteiger charge is -1.99. The van der Waals surface area contributed by atoms with Crippen LogP contribution in [0.4, 0.5) is 5.13 Å². The van der Waals surface area contributed by atoms with Crippen molar-refractivity contribution in [3.05, 3.63) is 48.3 Å². The standard InChI is InChI=1S/C17H18N4S/c1-12-16(22-17(19-12)18-11-13-7-8-13)15-9-10-21(20-15)14-5-3-2-4-6-14/h2-6,9-10,13H,7-8,11H2,1H3,(H,18,19). The first kappa shape index (κ1) is 13.5. The summed E-state index contributed by atoms with van der Waals surface area (Å²) in [5.41, 5.74) is 3.10. The van der Waals surface area contributed by atoms with Gasteiger partial charge in [-0.15, -0.1) is 0 Å². The highest BCUT2D eigenvalue weighted by molar-refractivity contribution is 7.19. The molecular weight excluding hydrogens is 292 g/mol. The molecule has 4 rings (SSSR count). The molecule has 0 saturated heterocycles. The lowest BCUT2D eigenvalue weighted by molar-refractivity contribution is 0.884. The van der Waals surface area contributed by atoms with Crippen LogP contribution in [0.2, 0.25) is 0 Å². The second-order valence-electron chi connectivity index (χ2n) is 5.74. The summed E-state index contributed by atoms with van der Waals surface area (Å²) in [6.07, 6.45) is 4.71. The van der Waals surface area contributed by atoms with Crippen molar-refractivity contribution in [2.24, 2.45) is 5.92 Å². The summed E-state index contributed by atoms with van der Waals surface area (Å²) in [5, 5.41) is 9.15. The molecule has 0 atom stereocenters. The van der Waals surface area contributed by atoms with Crippen molar-refractivity contribution in [1.82, 2.24) is 14.8 Å². The molecule has 4 nitrogen and oxygen atoms in total. The SMILES string of the molecule is Cc1nc(NCC2CC2)sc1-c1ccn(-c2ccccc2)n1. The molecule has 1 aliphatic carbocycles. The van der Waals surface area contributed by atoms with Crippen LogP contribution in [0.15, 0.2) is 42.6 Å². The second kappa shape index (κ2) is 5.57. The van der Waals surface area contributed by atoms with Crippen molar-refractivity contribution in [3.63, 3.8) is 0 Å². The number of nitrogens with zero attached hydrogens (tertiary/aromatic N) is 3. The van der Waals surface area contributed by atoms with E-state index < -0.39 is 0 Å². The molecular formula is C17H18N4S. The average molecular weight is 310 g/mol. The summed E-state index contributed by atoms with van der Waals surface area (Å²) in [6, 6.07) is 12.2. The Balaban J connectivity index is 1.57. The van der Waals surface area contributed by atoms with Crippen LogP contribution < -0.4 is 5.32 Å². The fourth-order valence-corrected chi connectivity index (χ4v) is 3.37. The molecule has 22 heavy (non-hydrogen) atoms.